The zero-order valence-electron chi connectivity index (χ0n) is 17.5. The number of benzene rings is 2. The number of piperazine rings is 1. The van der Waals surface area contributed by atoms with Crippen molar-refractivity contribution < 1.29 is 19.1 Å². The summed E-state index contributed by atoms with van der Waals surface area (Å²) in [5.41, 5.74) is 1.01. The van der Waals surface area contributed by atoms with Crippen LogP contribution in [0.4, 0.5) is 16.2 Å². The third kappa shape index (κ3) is 2.82. The first-order valence-corrected chi connectivity index (χ1v) is 10.3. The highest BCUT2D eigenvalue weighted by Gasteiger charge is 2.62. The SMILES string of the molecule is COc1ccc(N2C(=O)NC(=O)[C@]3(Cc4ccccc4N4CCN(C)C[C@@H]43)C2=O)cc1. The number of ether oxygens (including phenoxy) is 1. The second-order valence-electron chi connectivity index (χ2n) is 8.35. The third-order valence-corrected chi connectivity index (χ3v) is 6.67. The molecule has 160 valence electrons. The molecule has 0 aromatic heterocycles. The van der Waals surface area contributed by atoms with Crippen LogP contribution in [0.1, 0.15) is 5.56 Å². The molecular weight excluding hydrogens is 396 g/mol. The molecule has 8 heteroatoms. The summed E-state index contributed by atoms with van der Waals surface area (Å²) in [6.45, 7) is 2.09. The fourth-order valence-electron chi connectivity index (χ4n) is 5.06. The predicted molar refractivity (Wildman–Crippen MR) is 115 cm³/mol. The summed E-state index contributed by atoms with van der Waals surface area (Å²) in [5.74, 6) is -0.385. The van der Waals surface area contributed by atoms with Crippen molar-refractivity contribution in [2.75, 3.05) is 43.6 Å². The van der Waals surface area contributed by atoms with E-state index in [-0.39, 0.29) is 12.5 Å². The molecule has 1 spiro atoms. The van der Waals surface area contributed by atoms with Crippen LogP contribution < -0.4 is 19.9 Å². The lowest BCUT2D eigenvalue weighted by Gasteiger charge is -2.55. The Hall–Kier alpha value is -3.39. The summed E-state index contributed by atoms with van der Waals surface area (Å²) in [7, 11) is 3.54. The van der Waals surface area contributed by atoms with Gasteiger partial charge in [0.2, 0.25) is 5.91 Å². The van der Waals surface area contributed by atoms with Gasteiger partial charge in [0.1, 0.15) is 5.75 Å². The van der Waals surface area contributed by atoms with Crippen LogP contribution in [0.15, 0.2) is 48.5 Å². The van der Waals surface area contributed by atoms with Crippen molar-refractivity contribution in [3.63, 3.8) is 0 Å². The Morgan fingerprint density at radius 3 is 2.52 bits per heavy atom. The zero-order chi connectivity index (χ0) is 21.8. The monoisotopic (exact) mass is 420 g/mol. The standard InChI is InChI=1S/C23H24N4O4/c1-25-11-12-26-18-6-4-3-5-15(18)13-23(19(26)14-25)20(28)24-22(30)27(21(23)29)16-7-9-17(31-2)10-8-16/h3-10,19H,11-14H2,1-2H3,(H,24,28,30)/t19-,23-/m1/s1. The van der Waals surface area contributed by atoms with E-state index < -0.39 is 23.3 Å². The molecule has 2 saturated heterocycles. The maximum absolute atomic E-state index is 14.0. The number of rotatable bonds is 2. The Bertz CT molecular complexity index is 1070. The fraction of sp³-hybridized carbons (Fsp3) is 0.348. The summed E-state index contributed by atoms with van der Waals surface area (Å²) in [6.07, 6.45) is 0.253. The molecule has 3 aliphatic rings. The van der Waals surface area contributed by atoms with Crippen LogP contribution in [0.3, 0.4) is 0 Å². The minimum absolute atomic E-state index is 0.253. The number of nitrogens with one attached hydrogen (secondary N) is 1. The number of fused-ring (bicyclic) bond motifs is 4. The van der Waals surface area contributed by atoms with E-state index in [2.05, 4.69) is 15.1 Å². The average molecular weight is 420 g/mol. The average Bonchev–Trinajstić information content (AvgIpc) is 2.78. The summed E-state index contributed by atoms with van der Waals surface area (Å²) >= 11 is 0. The number of amides is 4. The van der Waals surface area contributed by atoms with E-state index in [1.54, 1.807) is 31.4 Å². The van der Waals surface area contributed by atoms with Gasteiger partial charge in [0.05, 0.1) is 18.8 Å². The highest BCUT2D eigenvalue weighted by molar-refractivity contribution is 6.30. The Kier molecular flexibility index (Phi) is 4.48. The van der Waals surface area contributed by atoms with E-state index in [9.17, 15) is 14.4 Å². The van der Waals surface area contributed by atoms with Gasteiger partial charge in [0, 0.05) is 25.3 Å². The quantitative estimate of drug-likeness (QED) is 0.744. The van der Waals surface area contributed by atoms with Crippen LogP contribution in [0.25, 0.3) is 0 Å². The van der Waals surface area contributed by atoms with Gasteiger partial charge in [0.25, 0.3) is 5.91 Å². The maximum atomic E-state index is 14.0. The van der Waals surface area contributed by atoms with Crippen molar-refractivity contribution in [3.8, 4) is 5.75 Å². The maximum Gasteiger partial charge on any atom is 0.335 e. The second-order valence-corrected chi connectivity index (χ2v) is 8.35. The number of barbiturate groups is 1. The van der Waals surface area contributed by atoms with E-state index in [4.69, 9.17) is 4.74 Å². The number of para-hydroxylation sites is 1. The molecule has 1 N–H and O–H groups in total. The van der Waals surface area contributed by atoms with E-state index in [1.165, 1.54) is 0 Å². The summed E-state index contributed by atoms with van der Waals surface area (Å²) in [4.78, 5) is 45.6. The smallest absolute Gasteiger partial charge is 0.335 e. The highest BCUT2D eigenvalue weighted by atomic mass is 16.5. The van der Waals surface area contributed by atoms with Gasteiger partial charge < -0.3 is 14.5 Å². The Morgan fingerprint density at radius 1 is 1.03 bits per heavy atom. The number of hydrogen-bond donors (Lipinski definition) is 1. The first kappa shape index (κ1) is 19.6. The summed E-state index contributed by atoms with van der Waals surface area (Å²) in [5, 5.41) is 2.48. The number of likely N-dealkylation sites (N-methyl/N-ethyl adjacent to an activating group) is 1. The van der Waals surface area contributed by atoms with Gasteiger partial charge >= 0.3 is 6.03 Å². The molecule has 3 heterocycles. The van der Waals surface area contributed by atoms with Crippen LogP contribution in [-0.2, 0) is 16.0 Å². The summed E-state index contributed by atoms with van der Waals surface area (Å²) in [6, 6.07) is 13.5. The van der Waals surface area contributed by atoms with Crippen molar-refractivity contribution in [2.24, 2.45) is 5.41 Å². The van der Waals surface area contributed by atoms with Crippen LogP contribution in [0.2, 0.25) is 0 Å². The Balaban J connectivity index is 1.64. The minimum Gasteiger partial charge on any atom is -0.497 e. The van der Waals surface area contributed by atoms with Crippen molar-refractivity contribution in [3.05, 3.63) is 54.1 Å². The molecule has 3 aliphatic heterocycles. The number of nitrogens with zero attached hydrogens (tertiary/aromatic N) is 3. The lowest BCUT2D eigenvalue weighted by molar-refractivity contribution is -0.145. The molecule has 0 radical (unpaired) electrons. The van der Waals surface area contributed by atoms with E-state index in [0.717, 1.165) is 22.7 Å². The van der Waals surface area contributed by atoms with Crippen LogP contribution >= 0.6 is 0 Å². The number of anilines is 2. The van der Waals surface area contributed by atoms with Gasteiger partial charge in [-0.05, 0) is 49.4 Å². The van der Waals surface area contributed by atoms with Gasteiger partial charge in [-0.1, -0.05) is 18.2 Å². The van der Waals surface area contributed by atoms with Gasteiger partial charge in [-0.25, -0.2) is 9.69 Å². The molecular formula is C23H24N4O4. The predicted octanol–water partition coefficient (Wildman–Crippen LogP) is 1.64. The largest absolute Gasteiger partial charge is 0.497 e. The molecule has 4 amide bonds. The van der Waals surface area contributed by atoms with Crippen molar-refractivity contribution in [1.82, 2.24) is 10.2 Å². The normalized spacial score (nSPS) is 25.9. The van der Waals surface area contributed by atoms with Crippen LogP contribution in [0.5, 0.6) is 5.75 Å². The molecule has 0 bridgehead atoms. The number of urea groups is 1. The van der Waals surface area contributed by atoms with Crippen LogP contribution in [0, 0.1) is 5.41 Å². The third-order valence-electron chi connectivity index (χ3n) is 6.67. The van der Waals surface area contributed by atoms with Crippen molar-refractivity contribution >= 4 is 29.2 Å². The molecule has 31 heavy (non-hydrogen) atoms. The Morgan fingerprint density at radius 2 is 1.77 bits per heavy atom. The van der Waals surface area contributed by atoms with E-state index >= 15 is 0 Å². The van der Waals surface area contributed by atoms with Gasteiger partial charge in [-0.3, -0.25) is 14.9 Å². The molecule has 2 fully saturated rings. The molecule has 0 aliphatic carbocycles. The summed E-state index contributed by atoms with van der Waals surface area (Å²) < 4.78 is 5.19. The first-order chi connectivity index (χ1) is 15.0. The van der Waals surface area contributed by atoms with Crippen LogP contribution in [-0.4, -0.2) is 62.6 Å². The van der Waals surface area contributed by atoms with Gasteiger partial charge in [0.15, 0.2) is 5.41 Å². The van der Waals surface area contributed by atoms with E-state index in [0.29, 0.717) is 24.5 Å². The number of imide groups is 2. The van der Waals surface area contributed by atoms with Gasteiger partial charge in [-0.2, -0.15) is 0 Å². The second kappa shape index (κ2) is 7.09. The number of hydrogen-bond acceptors (Lipinski definition) is 6. The van der Waals surface area contributed by atoms with Crippen molar-refractivity contribution in [2.45, 2.75) is 12.5 Å². The topological polar surface area (TPSA) is 82.2 Å². The fourth-order valence-corrected chi connectivity index (χ4v) is 5.06. The lowest BCUT2D eigenvalue weighted by atomic mass is 9.67. The number of carbonyl (C=O) groups excluding carboxylic acids is 3. The molecule has 0 saturated carbocycles. The molecule has 8 nitrogen and oxygen atoms in total. The van der Waals surface area contributed by atoms with E-state index in [1.807, 2.05) is 31.3 Å². The lowest BCUT2D eigenvalue weighted by Crippen LogP contribution is -2.75. The zero-order valence-corrected chi connectivity index (χ0v) is 17.5. The number of carbonyl (C=O) groups is 3. The molecule has 2 atom stereocenters. The van der Waals surface area contributed by atoms with Gasteiger partial charge in [-0.15, -0.1) is 0 Å². The minimum atomic E-state index is -1.39. The van der Waals surface area contributed by atoms with Crippen molar-refractivity contribution in [1.29, 1.82) is 0 Å². The molecule has 2 aromatic carbocycles. The molecule has 0 unspecified atom stereocenters. The highest BCUT2D eigenvalue weighted by Crippen LogP contribution is 2.46. The Labute approximate surface area is 180 Å². The number of methoxy groups -OCH3 is 1. The first-order valence-electron chi connectivity index (χ1n) is 10.3. The molecule has 5 rings (SSSR count). The molecule has 2 aromatic rings.